The van der Waals surface area contributed by atoms with Crippen LogP contribution in [0, 0.1) is 13.8 Å². The molecule has 0 amide bonds. The van der Waals surface area contributed by atoms with E-state index in [2.05, 4.69) is 77.2 Å². The van der Waals surface area contributed by atoms with E-state index in [0.29, 0.717) is 6.04 Å². The molecule has 2 aliphatic rings. The molecule has 160 valence electrons. The molecule has 3 aromatic rings. The van der Waals surface area contributed by atoms with Gasteiger partial charge in [-0.2, -0.15) is 0 Å². The molecule has 1 aromatic carbocycles. The smallest absolute Gasteiger partial charge is 0.170 e. The second kappa shape index (κ2) is 8.46. The zero-order valence-electron chi connectivity index (χ0n) is 18.3. The Labute approximate surface area is 190 Å². The molecule has 1 aliphatic heterocycles. The quantitative estimate of drug-likeness (QED) is 0.531. The molecule has 5 rings (SSSR count). The van der Waals surface area contributed by atoms with Gasteiger partial charge in [0.1, 0.15) is 0 Å². The molecule has 0 radical (unpaired) electrons. The second-order valence-corrected chi connectivity index (χ2v) is 9.21. The first-order valence-corrected chi connectivity index (χ1v) is 11.8. The number of thiocarbonyl (C=S) groups is 1. The van der Waals surface area contributed by atoms with Gasteiger partial charge in [-0.3, -0.25) is 4.98 Å². The van der Waals surface area contributed by atoms with Gasteiger partial charge >= 0.3 is 0 Å². The number of benzene rings is 1. The number of aromatic nitrogens is 2. The van der Waals surface area contributed by atoms with Gasteiger partial charge in [-0.15, -0.1) is 0 Å². The standard InChI is InChI=1S/C26H30N4S/c1-18-17-22(19(2)29(18)20-11-5-3-6-12-20)25-24(23-15-9-10-16-27-23)28-26(31)30(25)21-13-7-4-8-14-21/h3,5-6,9-12,15-17,21,24-25H,4,7-8,13-14H2,1-2H3,(H,28,31)/t24-,25-/m1/s1. The van der Waals surface area contributed by atoms with Crippen LogP contribution in [0.5, 0.6) is 0 Å². The van der Waals surface area contributed by atoms with Gasteiger partial charge < -0.3 is 14.8 Å². The number of nitrogens with one attached hydrogen (secondary N) is 1. The van der Waals surface area contributed by atoms with Crippen molar-refractivity contribution in [2.45, 2.75) is 64.1 Å². The van der Waals surface area contributed by atoms with Crippen molar-refractivity contribution in [3.8, 4) is 5.69 Å². The molecular formula is C26H30N4S. The molecule has 4 nitrogen and oxygen atoms in total. The Morgan fingerprint density at radius 2 is 1.71 bits per heavy atom. The Bertz CT molecular complexity index is 1050. The summed E-state index contributed by atoms with van der Waals surface area (Å²) in [5.41, 5.74) is 6.13. The van der Waals surface area contributed by atoms with Crippen LogP contribution < -0.4 is 5.32 Å². The molecule has 3 heterocycles. The van der Waals surface area contributed by atoms with Gasteiger partial charge in [-0.25, -0.2) is 0 Å². The molecule has 0 spiro atoms. The van der Waals surface area contributed by atoms with Crippen molar-refractivity contribution in [2.24, 2.45) is 0 Å². The lowest BCUT2D eigenvalue weighted by Gasteiger charge is -2.37. The molecule has 0 unspecified atom stereocenters. The molecule has 2 fully saturated rings. The summed E-state index contributed by atoms with van der Waals surface area (Å²) < 4.78 is 2.37. The number of hydrogen-bond donors (Lipinski definition) is 1. The first kappa shape index (κ1) is 20.3. The Morgan fingerprint density at radius 1 is 0.968 bits per heavy atom. The molecule has 1 saturated heterocycles. The summed E-state index contributed by atoms with van der Waals surface area (Å²) in [6.45, 7) is 4.44. The van der Waals surface area contributed by atoms with Gasteiger partial charge in [0.25, 0.3) is 0 Å². The minimum absolute atomic E-state index is 0.0559. The van der Waals surface area contributed by atoms with Crippen molar-refractivity contribution in [1.29, 1.82) is 0 Å². The first-order valence-electron chi connectivity index (χ1n) is 11.4. The highest BCUT2D eigenvalue weighted by Gasteiger charge is 2.44. The van der Waals surface area contributed by atoms with Gasteiger partial charge in [-0.1, -0.05) is 43.5 Å². The topological polar surface area (TPSA) is 33.1 Å². The molecule has 2 aromatic heterocycles. The summed E-state index contributed by atoms with van der Waals surface area (Å²) in [5, 5.41) is 4.52. The van der Waals surface area contributed by atoms with Gasteiger partial charge in [0.05, 0.1) is 17.8 Å². The van der Waals surface area contributed by atoms with Crippen molar-refractivity contribution in [3.63, 3.8) is 0 Å². The predicted octanol–water partition coefficient (Wildman–Crippen LogP) is 5.79. The molecule has 1 N–H and O–H groups in total. The number of pyridine rings is 1. The minimum Gasteiger partial charge on any atom is -0.352 e. The molecule has 1 saturated carbocycles. The van der Waals surface area contributed by atoms with Gasteiger partial charge in [0.2, 0.25) is 0 Å². The number of aryl methyl sites for hydroxylation is 1. The summed E-state index contributed by atoms with van der Waals surface area (Å²) >= 11 is 5.93. The maximum absolute atomic E-state index is 5.93. The van der Waals surface area contributed by atoms with Crippen LogP contribution >= 0.6 is 12.2 Å². The maximum atomic E-state index is 5.93. The van der Waals surface area contributed by atoms with Crippen molar-refractivity contribution in [2.75, 3.05) is 0 Å². The fourth-order valence-electron chi connectivity index (χ4n) is 5.51. The van der Waals surface area contributed by atoms with Gasteiger partial charge in [0.15, 0.2) is 5.11 Å². The third kappa shape index (κ3) is 3.65. The Kier molecular flexibility index (Phi) is 5.53. The normalized spacial score (nSPS) is 22.0. The molecule has 2 atom stereocenters. The van der Waals surface area contributed by atoms with Crippen LogP contribution in [-0.2, 0) is 0 Å². The van der Waals surface area contributed by atoms with Crippen LogP contribution in [0.25, 0.3) is 5.69 Å². The Hall–Kier alpha value is -2.66. The highest BCUT2D eigenvalue weighted by atomic mass is 32.1. The van der Waals surface area contributed by atoms with Crippen LogP contribution in [0.1, 0.15) is 66.8 Å². The van der Waals surface area contributed by atoms with Crippen LogP contribution in [0.2, 0.25) is 0 Å². The highest BCUT2D eigenvalue weighted by molar-refractivity contribution is 7.80. The monoisotopic (exact) mass is 430 g/mol. The number of rotatable bonds is 4. The average Bonchev–Trinajstić information content (AvgIpc) is 3.30. The Morgan fingerprint density at radius 3 is 2.42 bits per heavy atom. The molecule has 1 aliphatic carbocycles. The third-order valence-corrected chi connectivity index (χ3v) is 7.24. The lowest BCUT2D eigenvalue weighted by atomic mass is 9.90. The van der Waals surface area contributed by atoms with E-state index in [1.807, 2.05) is 12.3 Å². The maximum Gasteiger partial charge on any atom is 0.170 e. The number of nitrogens with zero attached hydrogens (tertiary/aromatic N) is 3. The summed E-state index contributed by atoms with van der Waals surface area (Å²) in [4.78, 5) is 7.22. The van der Waals surface area contributed by atoms with Gasteiger partial charge in [0, 0.05) is 29.3 Å². The first-order chi connectivity index (χ1) is 15.1. The van der Waals surface area contributed by atoms with Crippen molar-refractivity contribution < 1.29 is 0 Å². The molecule has 31 heavy (non-hydrogen) atoms. The summed E-state index contributed by atoms with van der Waals surface area (Å²) in [7, 11) is 0. The summed E-state index contributed by atoms with van der Waals surface area (Å²) in [5.74, 6) is 0. The van der Waals surface area contributed by atoms with E-state index < -0.39 is 0 Å². The van der Waals surface area contributed by atoms with Crippen LogP contribution in [0.3, 0.4) is 0 Å². The van der Waals surface area contributed by atoms with E-state index in [0.717, 1.165) is 10.8 Å². The van der Waals surface area contributed by atoms with Gasteiger partial charge in [-0.05, 0) is 74.8 Å². The molecule has 0 bridgehead atoms. The van der Waals surface area contributed by atoms with Crippen molar-refractivity contribution in [1.82, 2.24) is 19.8 Å². The van der Waals surface area contributed by atoms with Crippen LogP contribution in [0.15, 0.2) is 60.8 Å². The lowest BCUT2D eigenvalue weighted by Crippen LogP contribution is -2.40. The summed E-state index contributed by atoms with van der Waals surface area (Å²) in [6.07, 6.45) is 8.21. The molecule has 5 heteroatoms. The summed E-state index contributed by atoms with van der Waals surface area (Å²) in [6, 6.07) is 19.8. The predicted molar refractivity (Wildman–Crippen MR) is 129 cm³/mol. The fourth-order valence-corrected chi connectivity index (χ4v) is 5.90. The van der Waals surface area contributed by atoms with E-state index in [-0.39, 0.29) is 12.1 Å². The average molecular weight is 431 g/mol. The highest BCUT2D eigenvalue weighted by Crippen LogP contribution is 2.44. The minimum atomic E-state index is 0.0559. The van der Waals surface area contributed by atoms with Crippen molar-refractivity contribution >= 4 is 17.3 Å². The zero-order valence-corrected chi connectivity index (χ0v) is 19.1. The van der Waals surface area contributed by atoms with E-state index in [9.17, 15) is 0 Å². The number of hydrogen-bond acceptors (Lipinski definition) is 2. The number of para-hydroxylation sites is 1. The second-order valence-electron chi connectivity index (χ2n) is 8.82. The lowest BCUT2D eigenvalue weighted by molar-refractivity contribution is 0.197. The van der Waals surface area contributed by atoms with E-state index in [4.69, 9.17) is 17.2 Å². The largest absolute Gasteiger partial charge is 0.352 e. The van der Waals surface area contributed by atoms with E-state index in [1.165, 1.54) is 54.7 Å². The molecular weight excluding hydrogens is 400 g/mol. The van der Waals surface area contributed by atoms with Crippen LogP contribution in [0.4, 0.5) is 0 Å². The fraction of sp³-hybridized carbons (Fsp3) is 0.385. The van der Waals surface area contributed by atoms with Crippen LogP contribution in [-0.4, -0.2) is 25.6 Å². The van der Waals surface area contributed by atoms with E-state index in [1.54, 1.807) is 0 Å². The zero-order chi connectivity index (χ0) is 21.4. The third-order valence-electron chi connectivity index (χ3n) is 6.91. The Balaban J connectivity index is 1.62. The van der Waals surface area contributed by atoms with Crippen molar-refractivity contribution in [3.05, 3.63) is 83.4 Å². The SMILES string of the molecule is Cc1cc([C@@H]2[C@@H](c3ccccn3)NC(=S)N2C2CCCCC2)c(C)n1-c1ccccc1. The van der Waals surface area contributed by atoms with E-state index >= 15 is 0 Å².